The summed E-state index contributed by atoms with van der Waals surface area (Å²) >= 11 is 0. The summed E-state index contributed by atoms with van der Waals surface area (Å²) in [5.74, 6) is -0.193. The number of hydrogen-bond donors (Lipinski definition) is 1. The molecule has 0 aliphatic carbocycles. The molecule has 0 unspecified atom stereocenters. The van der Waals surface area contributed by atoms with E-state index in [0.717, 1.165) is 25.8 Å². The van der Waals surface area contributed by atoms with Crippen LogP contribution < -0.4 is 5.32 Å². The van der Waals surface area contributed by atoms with Crippen molar-refractivity contribution in [3.8, 4) is 0 Å². The van der Waals surface area contributed by atoms with Gasteiger partial charge in [-0.25, -0.2) is 0 Å². The molecule has 2 fully saturated rings. The minimum Gasteiger partial charge on any atom is -0.383 e. The summed E-state index contributed by atoms with van der Waals surface area (Å²) in [4.78, 5) is 39.3. The highest BCUT2D eigenvalue weighted by atomic mass is 16.5. The van der Waals surface area contributed by atoms with E-state index in [1.165, 1.54) is 6.92 Å². The molecule has 1 atom stereocenters. The maximum atomic E-state index is 12.7. The number of rotatable bonds is 5. The fraction of sp³-hybridized carbons (Fsp3) is 0.800. The van der Waals surface area contributed by atoms with Gasteiger partial charge in [0.15, 0.2) is 0 Å². The first-order valence-corrected chi connectivity index (χ1v) is 7.79. The van der Waals surface area contributed by atoms with Crippen LogP contribution in [0.15, 0.2) is 0 Å². The molecule has 0 bridgehead atoms. The van der Waals surface area contributed by atoms with Crippen LogP contribution in [0.3, 0.4) is 0 Å². The number of piperidine rings is 1. The largest absolute Gasteiger partial charge is 0.383 e. The smallest absolute Gasteiger partial charge is 0.241 e. The predicted octanol–water partition coefficient (Wildman–Crippen LogP) is -0.390. The average Bonchev–Trinajstić information content (AvgIpc) is 2.79. The lowest BCUT2D eigenvalue weighted by atomic mass is 9.78. The van der Waals surface area contributed by atoms with Gasteiger partial charge in [0.2, 0.25) is 17.7 Å². The van der Waals surface area contributed by atoms with Gasteiger partial charge in [0.25, 0.3) is 0 Å². The van der Waals surface area contributed by atoms with Crippen molar-refractivity contribution in [1.82, 2.24) is 15.1 Å². The standard InChI is InChI=1S/C15H25N3O4/c1-12(19)16-10-13(20)18-6-3-4-15(11-18)5-7-17(14(15)21)8-9-22-2/h3-11H2,1-2H3,(H,16,19)/t15-/m0/s1. The van der Waals surface area contributed by atoms with Crippen molar-refractivity contribution in [2.75, 3.05) is 46.4 Å². The molecule has 0 radical (unpaired) electrons. The zero-order valence-corrected chi connectivity index (χ0v) is 13.4. The number of hydrogen-bond acceptors (Lipinski definition) is 4. The first-order valence-electron chi connectivity index (χ1n) is 7.79. The Balaban J connectivity index is 1.96. The van der Waals surface area contributed by atoms with Crippen LogP contribution in [0.25, 0.3) is 0 Å². The van der Waals surface area contributed by atoms with Crippen molar-refractivity contribution in [2.45, 2.75) is 26.2 Å². The SMILES string of the molecule is COCCN1CC[C@]2(CCCN(C(=O)CNC(C)=O)C2)C1=O. The van der Waals surface area contributed by atoms with Gasteiger partial charge in [-0.15, -0.1) is 0 Å². The second kappa shape index (κ2) is 7.09. The fourth-order valence-electron chi connectivity index (χ4n) is 3.34. The van der Waals surface area contributed by atoms with E-state index in [-0.39, 0.29) is 24.3 Å². The third-order valence-corrected chi connectivity index (χ3v) is 4.58. The molecule has 7 nitrogen and oxygen atoms in total. The van der Waals surface area contributed by atoms with Crippen LogP contribution in [-0.4, -0.2) is 74.0 Å². The molecule has 2 aliphatic rings. The first-order chi connectivity index (χ1) is 10.5. The molecule has 0 aromatic rings. The molecule has 22 heavy (non-hydrogen) atoms. The van der Waals surface area contributed by atoms with E-state index in [9.17, 15) is 14.4 Å². The Morgan fingerprint density at radius 3 is 2.77 bits per heavy atom. The molecule has 3 amide bonds. The lowest BCUT2D eigenvalue weighted by Crippen LogP contribution is -2.52. The third-order valence-electron chi connectivity index (χ3n) is 4.58. The average molecular weight is 311 g/mol. The second-order valence-electron chi connectivity index (χ2n) is 6.14. The molecule has 2 aliphatic heterocycles. The summed E-state index contributed by atoms with van der Waals surface area (Å²) in [6.45, 7) is 4.39. The molecule has 124 valence electrons. The van der Waals surface area contributed by atoms with Crippen molar-refractivity contribution in [1.29, 1.82) is 0 Å². The highest BCUT2D eigenvalue weighted by Gasteiger charge is 2.49. The zero-order chi connectivity index (χ0) is 16.2. The minimum absolute atomic E-state index is 0.00694. The van der Waals surface area contributed by atoms with Crippen molar-refractivity contribution >= 4 is 17.7 Å². The number of carbonyl (C=O) groups excluding carboxylic acids is 3. The molecule has 2 heterocycles. The van der Waals surface area contributed by atoms with Gasteiger partial charge < -0.3 is 19.9 Å². The zero-order valence-electron chi connectivity index (χ0n) is 13.4. The van der Waals surface area contributed by atoms with E-state index < -0.39 is 5.41 Å². The molecule has 1 N–H and O–H groups in total. The van der Waals surface area contributed by atoms with Crippen molar-refractivity contribution in [3.05, 3.63) is 0 Å². The molecule has 1 spiro atoms. The summed E-state index contributed by atoms with van der Waals surface area (Å²) in [5.41, 5.74) is -0.433. The fourth-order valence-corrected chi connectivity index (χ4v) is 3.34. The topological polar surface area (TPSA) is 79.0 Å². The monoisotopic (exact) mass is 311 g/mol. The predicted molar refractivity (Wildman–Crippen MR) is 80.0 cm³/mol. The normalized spacial score (nSPS) is 24.9. The molecule has 2 rings (SSSR count). The molecular weight excluding hydrogens is 286 g/mol. The van der Waals surface area contributed by atoms with Gasteiger partial charge in [-0.3, -0.25) is 14.4 Å². The van der Waals surface area contributed by atoms with Gasteiger partial charge in [0.1, 0.15) is 0 Å². The Morgan fingerprint density at radius 2 is 2.09 bits per heavy atom. The Labute approximate surface area is 131 Å². The Hall–Kier alpha value is -1.63. The van der Waals surface area contributed by atoms with E-state index in [0.29, 0.717) is 26.2 Å². The Kier molecular flexibility index (Phi) is 5.39. The summed E-state index contributed by atoms with van der Waals surface area (Å²) in [5, 5.41) is 2.53. The Morgan fingerprint density at radius 1 is 1.32 bits per heavy atom. The van der Waals surface area contributed by atoms with Gasteiger partial charge in [-0.05, 0) is 19.3 Å². The van der Waals surface area contributed by atoms with E-state index in [2.05, 4.69) is 5.32 Å². The van der Waals surface area contributed by atoms with Crippen LogP contribution in [0.1, 0.15) is 26.2 Å². The number of ether oxygens (including phenoxy) is 1. The molecule has 0 saturated carbocycles. The molecule has 0 aromatic carbocycles. The van der Waals surface area contributed by atoms with Gasteiger partial charge >= 0.3 is 0 Å². The van der Waals surface area contributed by atoms with Gasteiger partial charge in [-0.2, -0.15) is 0 Å². The molecule has 0 aromatic heterocycles. The molecule has 7 heteroatoms. The quantitative estimate of drug-likeness (QED) is 0.750. The second-order valence-corrected chi connectivity index (χ2v) is 6.14. The lowest BCUT2D eigenvalue weighted by Gasteiger charge is -2.39. The van der Waals surface area contributed by atoms with Gasteiger partial charge in [-0.1, -0.05) is 0 Å². The summed E-state index contributed by atoms with van der Waals surface area (Å²) in [6, 6.07) is 0. The Bertz CT molecular complexity index is 454. The highest BCUT2D eigenvalue weighted by molar-refractivity contribution is 5.87. The summed E-state index contributed by atoms with van der Waals surface area (Å²) in [7, 11) is 1.62. The summed E-state index contributed by atoms with van der Waals surface area (Å²) in [6.07, 6.45) is 2.45. The molecular formula is C15H25N3O4. The number of carbonyl (C=O) groups is 3. The van der Waals surface area contributed by atoms with Gasteiger partial charge in [0.05, 0.1) is 18.6 Å². The van der Waals surface area contributed by atoms with E-state index >= 15 is 0 Å². The van der Waals surface area contributed by atoms with E-state index in [1.807, 2.05) is 4.90 Å². The maximum absolute atomic E-state index is 12.7. The number of amides is 3. The number of nitrogens with one attached hydrogen (secondary N) is 1. The van der Waals surface area contributed by atoms with Crippen LogP contribution >= 0.6 is 0 Å². The minimum atomic E-state index is -0.433. The molecule has 2 saturated heterocycles. The van der Waals surface area contributed by atoms with Crippen LogP contribution in [0.4, 0.5) is 0 Å². The van der Waals surface area contributed by atoms with E-state index in [4.69, 9.17) is 4.74 Å². The summed E-state index contributed by atoms with van der Waals surface area (Å²) < 4.78 is 5.04. The van der Waals surface area contributed by atoms with Crippen LogP contribution in [0, 0.1) is 5.41 Å². The van der Waals surface area contributed by atoms with Crippen molar-refractivity contribution in [3.63, 3.8) is 0 Å². The highest BCUT2D eigenvalue weighted by Crippen LogP contribution is 2.40. The van der Waals surface area contributed by atoms with E-state index in [1.54, 1.807) is 12.0 Å². The number of methoxy groups -OCH3 is 1. The number of nitrogens with zero attached hydrogens (tertiary/aromatic N) is 2. The lowest BCUT2D eigenvalue weighted by molar-refractivity contribution is -0.144. The first kappa shape index (κ1) is 16.7. The van der Waals surface area contributed by atoms with Crippen LogP contribution in [-0.2, 0) is 19.1 Å². The van der Waals surface area contributed by atoms with Crippen LogP contribution in [0.2, 0.25) is 0 Å². The maximum Gasteiger partial charge on any atom is 0.241 e. The van der Waals surface area contributed by atoms with Crippen molar-refractivity contribution < 1.29 is 19.1 Å². The van der Waals surface area contributed by atoms with Crippen LogP contribution in [0.5, 0.6) is 0 Å². The number of likely N-dealkylation sites (tertiary alicyclic amines) is 2. The van der Waals surface area contributed by atoms with Gasteiger partial charge in [0, 0.05) is 40.2 Å². The van der Waals surface area contributed by atoms with Crippen molar-refractivity contribution in [2.24, 2.45) is 5.41 Å². The third kappa shape index (κ3) is 3.58.